The van der Waals surface area contributed by atoms with Gasteiger partial charge in [0.05, 0.1) is 23.7 Å². The van der Waals surface area contributed by atoms with Crippen molar-refractivity contribution in [1.29, 1.82) is 0 Å². The second-order valence-corrected chi connectivity index (χ2v) is 21.7. The van der Waals surface area contributed by atoms with E-state index in [4.69, 9.17) is 30.5 Å². The average molecular weight is 902 g/mol. The lowest BCUT2D eigenvalue weighted by Gasteiger charge is -2.38. The third-order valence-electron chi connectivity index (χ3n) is 11.4. The molecular weight excluding hydrogens is 836 g/mol. The largest absolute Gasteiger partial charge is 0.495 e. The molecule has 2 N–H and O–H groups in total. The number of methoxy groups -OCH3 is 1. The van der Waals surface area contributed by atoms with Crippen LogP contribution in [0.2, 0.25) is 5.02 Å². The summed E-state index contributed by atoms with van der Waals surface area (Å²) < 4.78 is 23.8. The average Bonchev–Trinajstić information content (AvgIpc) is 4.00. The molecule has 15 heteroatoms. The lowest BCUT2D eigenvalue weighted by molar-refractivity contribution is -0.179. The zero-order valence-electron chi connectivity index (χ0n) is 37.2. The van der Waals surface area contributed by atoms with Gasteiger partial charge in [-0.25, -0.2) is 4.79 Å². The molecule has 0 saturated carbocycles. The first-order chi connectivity index (χ1) is 28.9. The predicted octanol–water partition coefficient (Wildman–Crippen LogP) is 7.03. The molecular formula is C46H65ClN4O8S2. The van der Waals surface area contributed by atoms with Crippen molar-refractivity contribution in [2.75, 3.05) is 52.6 Å². The first kappa shape index (κ1) is 48.8. The van der Waals surface area contributed by atoms with E-state index in [0.717, 1.165) is 44.8 Å². The van der Waals surface area contributed by atoms with Gasteiger partial charge in [-0.15, -0.1) is 0 Å². The molecule has 5 rings (SSSR count). The van der Waals surface area contributed by atoms with Crippen molar-refractivity contribution in [3.05, 3.63) is 76.3 Å². The molecule has 61 heavy (non-hydrogen) atoms. The highest BCUT2D eigenvalue weighted by atomic mass is 35.5. The second kappa shape index (κ2) is 21.9. The highest BCUT2D eigenvalue weighted by molar-refractivity contribution is 8.77. The van der Waals surface area contributed by atoms with Crippen molar-refractivity contribution in [1.82, 2.24) is 20.4 Å². The van der Waals surface area contributed by atoms with E-state index < -0.39 is 47.4 Å². The van der Waals surface area contributed by atoms with Crippen molar-refractivity contribution in [2.24, 2.45) is 17.3 Å². The Balaban J connectivity index is 1.28. The molecule has 12 nitrogen and oxygen atoms in total. The number of ether oxygens (including phenoxy) is 4. The monoisotopic (exact) mass is 900 g/mol. The Labute approximate surface area is 375 Å². The minimum Gasteiger partial charge on any atom is -0.495 e. The van der Waals surface area contributed by atoms with E-state index in [0.29, 0.717) is 16.3 Å². The molecule has 2 aromatic carbocycles. The molecule has 0 aliphatic carbocycles. The van der Waals surface area contributed by atoms with Gasteiger partial charge in [0.25, 0.3) is 0 Å². The lowest BCUT2D eigenvalue weighted by atomic mass is 9.92. The van der Waals surface area contributed by atoms with Gasteiger partial charge >= 0.3 is 11.9 Å². The van der Waals surface area contributed by atoms with Crippen molar-refractivity contribution in [3.63, 3.8) is 0 Å². The van der Waals surface area contributed by atoms with Crippen LogP contribution >= 0.6 is 33.2 Å². The summed E-state index contributed by atoms with van der Waals surface area (Å²) in [6.07, 6.45) is 3.40. The van der Waals surface area contributed by atoms with E-state index in [1.807, 2.05) is 42.4 Å². The number of hydrogen-bond acceptors (Lipinski definition) is 12. The van der Waals surface area contributed by atoms with E-state index in [2.05, 4.69) is 64.8 Å². The number of amides is 2. The van der Waals surface area contributed by atoms with E-state index in [1.54, 1.807) is 38.1 Å². The summed E-state index contributed by atoms with van der Waals surface area (Å²) in [6, 6.07) is 12.7. The summed E-state index contributed by atoms with van der Waals surface area (Å²) in [6.45, 7) is 19.8. The van der Waals surface area contributed by atoms with Gasteiger partial charge in [-0.05, 0) is 81.2 Å². The van der Waals surface area contributed by atoms with Crippen molar-refractivity contribution >= 4 is 56.9 Å². The Kier molecular flexibility index (Phi) is 17.5. The van der Waals surface area contributed by atoms with Crippen LogP contribution in [0, 0.1) is 17.3 Å². The molecule has 3 aliphatic heterocycles. The van der Waals surface area contributed by atoms with Crippen LogP contribution in [0.5, 0.6) is 5.75 Å². The van der Waals surface area contributed by atoms with Gasteiger partial charge in [0.15, 0.2) is 6.10 Å². The summed E-state index contributed by atoms with van der Waals surface area (Å²) in [5.74, 6) is -2.09. The zero-order chi connectivity index (χ0) is 44.5. The fraction of sp³-hybridized carbons (Fsp3) is 0.609. The topological polar surface area (TPSA) is 139 Å². The highest BCUT2D eigenvalue weighted by Gasteiger charge is 2.48. The minimum absolute atomic E-state index is 0.00978. The summed E-state index contributed by atoms with van der Waals surface area (Å²) in [7, 11) is 5.28. The fourth-order valence-electron chi connectivity index (χ4n) is 7.79. The zero-order valence-corrected chi connectivity index (χ0v) is 39.6. The van der Waals surface area contributed by atoms with E-state index in [-0.39, 0.29) is 54.6 Å². The Bertz CT molecular complexity index is 1850. The molecule has 0 radical (unpaired) electrons. The number of benzene rings is 2. The van der Waals surface area contributed by atoms with Crippen LogP contribution in [-0.2, 0) is 46.4 Å². The van der Waals surface area contributed by atoms with E-state index in [9.17, 15) is 19.2 Å². The molecule has 6 atom stereocenters. The standard InChI is InChI=1S/C46H65ClN4O8S2/c1-29(2)23-38-43(54)57-36(30(3)40-41(59-40)33-16-13-31(14-17-33)26-50-19-21-51(22-20-50)28-46(6,7)61-60-9)11-10-12-39(52)49-35(25-32-15-18-37(56-8)34(47)24-32)42(53)48-27-45(4,5)44(55)58-38/h10,12-18,24,29-30,35-36,38,40-41H,11,19-23,25-28H2,1-9H3,(H,48,53)(H,49,52)/b12-10+/t30-,35+,36-,38-,40?,41+/m0/s1. The minimum atomic E-state index is -1.21. The number of nitrogens with zero attached hydrogens (tertiary/aromatic N) is 2. The third-order valence-corrected chi connectivity index (χ3v) is 14.3. The molecule has 2 fully saturated rings. The van der Waals surface area contributed by atoms with Crippen LogP contribution in [0.3, 0.4) is 0 Å². The number of esters is 2. The molecule has 1 unspecified atom stereocenters. The number of piperazine rings is 1. The normalized spacial score (nSPS) is 25.9. The van der Waals surface area contributed by atoms with E-state index in [1.165, 1.54) is 18.7 Å². The molecule has 2 saturated heterocycles. The maximum absolute atomic E-state index is 13.9. The number of hydrogen-bond donors (Lipinski definition) is 2. The quantitative estimate of drug-likeness (QED) is 0.114. The number of halogens is 1. The summed E-state index contributed by atoms with van der Waals surface area (Å²) >= 11 is 6.38. The number of nitrogens with one attached hydrogen (secondary N) is 2. The number of rotatable bonds is 14. The second-order valence-electron chi connectivity index (χ2n) is 18.2. The van der Waals surface area contributed by atoms with Crippen LogP contribution in [-0.4, -0.2) is 115 Å². The van der Waals surface area contributed by atoms with Gasteiger partial charge in [-0.1, -0.05) is 90.4 Å². The van der Waals surface area contributed by atoms with Crippen LogP contribution in [0.1, 0.15) is 84.1 Å². The van der Waals surface area contributed by atoms with Crippen LogP contribution in [0.25, 0.3) is 0 Å². The first-order valence-corrected chi connectivity index (χ1v) is 24.2. The predicted molar refractivity (Wildman–Crippen MR) is 244 cm³/mol. The SMILES string of the molecule is COc1ccc(C[C@H]2NC(=O)/C=C/C[C@@H]([C@H](C)C3O[C@@H]3c3ccc(CN4CCN(CC(C)(C)SSC)CC4)cc3)OC(=O)[C@H](CC(C)C)OC(=O)C(C)(C)CNC2=O)cc1Cl. The maximum Gasteiger partial charge on any atom is 0.347 e. The lowest BCUT2D eigenvalue weighted by Crippen LogP contribution is -2.51. The number of carbonyl (C=O) groups excluding carboxylic acids is 4. The Morgan fingerprint density at radius 2 is 1.64 bits per heavy atom. The smallest absolute Gasteiger partial charge is 0.347 e. The number of cyclic esters (lactones) is 2. The van der Waals surface area contributed by atoms with Gasteiger partial charge in [0.1, 0.15) is 24.0 Å². The fourth-order valence-corrected chi connectivity index (χ4v) is 10.3. The summed E-state index contributed by atoms with van der Waals surface area (Å²) in [5.41, 5.74) is 1.78. The van der Waals surface area contributed by atoms with Crippen LogP contribution in [0.4, 0.5) is 0 Å². The van der Waals surface area contributed by atoms with E-state index >= 15 is 0 Å². The molecule has 2 aromatic rings. The number of carbonyl (C=O) groups is 4. The Morgan fingerprint density at radius 1 is 0.967 bits per heavy atom. The van der Waals surface area contributed by atoms with Crippen molar-refractivity contribution < 1.29 is 38.1 Å². The molecule has 0 bridgehead atoms. The molecule has 2 amide bonds. The summed E-state index contributed by atoms with van der Waals surface area (Å²) in [5, 5.41) is 5.98. The molecule has 336 valence electrons. The number of epoxide rings is 1. The maximum atomic E-state index is 13.9. The van der Waals surface area contributed by atoms with Gasteiger partial charge in [-0.3, -0.25) is 24.2 Å². The third kappa shape index (κ3) is 14.4. The highest BCUT2D eigenvalue weighted by Crippen LogP contribution is 2.45. The van der Waals surface area contributed by atoms with Crippen LogP contribution < -0.4 is 15.4 Å². The van der Waals surface area contributed by atoms with Gasteiger partial charge < -0.3 is 29.6 Å². The van der Waals surface area contributed by atoms with Gasteiger partial charge in [0.2, 0.25) is 11.8 Å². The molecule has 3 heterocycles. The van der Waals surface area contributed by atoms with Gasteiger partial charge in [0, 0.05) is 69.3 Å². The molecule has 0 spiro atoms. The van der Waals surface area contributed by atoms with Crippen molar-refractivity contribution in [2.45, 2.75) is 109 Å². The molecule has 3 aliphatic rings. The molecule has 0 aromatic heterocycles. The summed E-state index contributed by atoms with van der Waals surface area (Å²) in [4.78, 5) is 59.6. The first-order valence-electron chi connectivity index (χ1n) is 21.3. The van der Waals surface area contributed by atoms with Crippen LogP contribution in [0.15, 0.2) is 54.6 Å². The Morgan fingerprint density at radius 3 is 2.28 bits per heavy atom. The Hall–Kier alpha value is -3.27. The van der Waals surface area contributed by atoms with Crippen molar-refractivity contribution in [3.8, 4) is 5.75 Å². The van der Waals surface area contributed by atoms with Gasteiger partial charge in [-0.2, -0.15) is 0 Å².